The molecular formula is C15H21N3O2S. The lowest BCUT2D eigenvalue weighted by Crippen LogP contribution is -2.41. The van der Waals surface area contributed by atoms with Crippen molar-refractivity contribution in [3.05, 3.63) is 23.8 Å². The summed E-state index contributed by atoms with van der Waals surface area (Å²) in [4.78, 5) is 0. The molecule has 0 amide bonds. The summed E-state index contributed by atoms with van der Waals surface area (Å²) >= 11 is 5.22. The van der Waals surface area contributed by atoms with Gasteiger partial charge in [-0.1, -0.05) is 19.3 Å². The zero-order valence-electron chi connectivity index (χ0n) is 12.1. The van der Waals surface area contributed by atoms with Crippen molar-refractivity contribution in [3.63, 3.8) is 0 Å². The van der Waals surface area contributed by atoms with Crippen LogP contribution >= 0.6 is 12.2 Å². The molecule has 0 saturated heterocycles. The molecule has 21 heavy (non-hydrogen) atoms. The van der Waals surface area contributed by atoms with Gasteiger partial charge in [0.05, 0.1) is 5.71 Å². The number of phenolic OH excluding ortho intramolecular Hbond substituents is 2. The third-order valence-corrected chi connectivity index (χ3v) is 3.84. The molecule has 2 rings (SSSR count). The number of hydrogen-bond acceptors (Lipinski definition) is 4. The molecule has 1 aliphatic carbocycles. The van der Waals surface area contributed by atoms with E-state index in [2.05, 4.69) is 15.8 Å². The maximum atomic E-state index is 9.76. The second-order valence-electron chi connectivity index (χ2n) is 5.32. The minimum Gasteiger partial charge on any atom is -0.508 e. The molecule has 1 fully saturated rings. The Bertz CT molecular complexity index is 540. The van der Waals surface area contributed by atoms with Crippen molar-refractivity contribution in [1.82, 2.24) is 10.7 Å². The van der Waals surface area contributed by atoms with E-state index in [1.54, 1.807) is 6.92 Å². The third kappa shape index (κ3) is 4.60. The minimum atomic E-state index is 0.0713. The largest absolute Gasteiger partial charge is 0.508 e. The average molecular weight is 307 g/mol. The van der Waals surface area contributed by atoms with Gasteiger partial charge in [-0.2, -0.15) is 5.10 Å². The van der Waals surface area contributed by atoms with Gasteiger partial charge in [0.15, 0.2) is 5.11 Å². The fourth-order valence-corrected chi connectivity index (χ4v) is 2.69. The molecule has 1 saturated carbocycles. The smallest absolute Gasteiger partial charge is 0.187 e. The number of rotatable bonds is 3. The van der Waals surface area contributed by atoms with E-state index in [1.807, 2.05) is 0 Å². The highest BCUT2D eigenvalue weighted by atomic mass is 32.1. The van der Waals surface area contributed by atoms with E-state index in [9.17, 15) is 10.2 Å². The number of aromatic hydroxyl groups is 2. The number of phenols is 2. The first kappa shape index (κ1) is 15.6. The van der Waals surface area contributed by atoms with E-state index in [-0.39, 0.29) is 11.5 Å². The van der Waals surface area contributed by atoms with Crippen molar-refractivity contribution in [2.45, 2.75) is 45.1 Å². The number of hydrazone groups is 1. The molecule has 0 aliphatic heterocycles. The average Bonchev–Trinajstić information content (AvgIpc) is 2.48. The summed E-state index contributed by atoms with van der Waals surface area (Å²) in [5.74, 6) is 0.155. The summed E-state index contributed by atoms with van der Waals surface area (Å²) in [7, 11) is 0. The first-order valence-corrected chi connectivity index (χ1v) is 7.60. The predicted molar refractivity (Wildman–Crippen MR) is 87.7 cm³/mol. The Labute approximate surface area is 130 Å². The molecule has 1 aromatic carbocycles. The van der Waals surface area contributed by atoms with Crippen LogP contribution in [0.1, 0.15) is 44.6 Å². The molecule has 1 aliphatic rings. The molecule has 0 unspecified atom stereocenters. The number of nitrogens with zero attached hydrogens (tertiary/aromatic N) is 1. The Morgan fingerprint density at radius 1 is 1.24 bits per heavy atom. The number of hydrogen-bond donors (Lipinski definition) is 4. The van der Waals surface area contributed by atoms with Gasteiger partial charge in [0, 0.05) is 11.6 Å². The summed E-state index contributed by atoms with van der Waals surface area (Å²) < 4.78 is 0. The second kappa shape index (κ2) is 7.26. The Morgan fingerprint density at radius 2 is 1.95 bits per heavy atom. The summed E-state index contributed by atoms with van der Waals surface area (Å²) in [5, 5.41) is 27.1. The predicted octanol–water partition coefficient (Wildman–Crippen LogP) is 2.62. The second-order valence-corrected chi connectivity index (χ2v) is 5.73. The van der Waals surface area contributed by atoms with Crippen molar-refractivity contribution < 1.29 is 10.2 Å². The zero-order valence-corrected chi connectivity index (χ0v) is 12.9. The van der Waals surface area contributed by atoms with Gasteiger partial charge in [0.1, 0.15) is 11.5 Å². The summed E-state index contributed by atoms with van der Waals surface area (Å²) in [6.07, 6.45) is 6.04. The highest BCUT2D eigenvalue weighted by Crippen LogP contribution is 2.22. The highest BCUT2D eigenvalue weighted by molar-refractivity contribution is 7.80. The number of benzene rings is 1. The van der Waals surface area contributed by atoms with Crippen molar-refractivity contribution in [1.29, 1.82) is 0 Å². The van der Waals surface area contributed by atoms with Gasteiger partial charge in [0.2, 0.25) is 0 Å². The van der Waals surface area contributed by atoms with Gasteiger partial charge in [-0.05, 0) is 50.2 Å². The first-order chi connectivity index (χ1) is 10.1. The van der Waals surface area contributed by atoms with Crippen LogP contribution in [0.2, 0.25) is 0 Å². The molecule has 114 valence electrons. The summed E-state index contributed by atoms with van der Waals surface area (Å²) in [5.41, 5.74) is 3.82. The fourth-order valence-electron chi connectivity index (χ4n) is 2.47. The molecule has 5 nitrogen and oxygen atoms in total. The summed E-state index contributed by atoms with van der Waals surface area (Å²) in [6.45, 7) is 1.74. The van der Waals surface area contributed by atoms with E-state index in [1.165, 1.54) is 37.5 Å². The zero-order chi connectivity index (χ0) is 15.2. The maximum Gasteiger partial charge on any atom is 0.187 e. The van der Waals surface area contributed by atoms with E-state index < -0.39 is 0 Å². The Balaban J connectivity index is 1.93. The standard InChI is InChI=1S/C15H21N3O2S/c1-10(13-9-12(19)7-8-14(13)20)17-18-15(21)16-11-5-3-2-4-6-11/h7-9,11,19-20H,2-6H2,1H3,(H2,16,18,21). The quantitative estimate of drug-likeness (QED) is 0.299. The van der Waals surface area contributed by atoms with Gasteiger partial charge >= 0.3 is 0 Å². The highest BCUT2D eigenvalue weighted by Gasteiger charge is 2.13. The topological polar surface area (TPSA) is 76.9 Å². The molecule has 0 bridgehead atoms. The van der Waals surface area contributed by atoms with E-state index in [0.29, 0.717) is 22.4 Å². The Morgan fingerprint density at radius 3 is 2.67 bits per heavy atom. The van der Waals surface area contributed by atoms with Crippen LogP contribution in [-0.4, -0.2) is 27.1 Å². The van der Waals surface area contributed by atoms with E-state index >= 15 is 0 Å². The van der Waals surface area contributed by atoms with Crippen molar-refractivity contribution in [2.24, 2.45) is 5.10 Å². The maximum absolute atomic E-state index is 9.76. The Kier molecular flexibility index (Phi) is 5.38. The van der Waals surface area contributed by atoms with Gasteiger partial charge < -0.3 is 15.5 Å². The molecular weight excluding hydrogens is 286 g/mol. The van der Waals surface area contributed by atoms with Gasteiger partial charge in [-0.25, -0.2) is 0 Å². The van der Waals surface area contributed by atoms with Crippen molar-refractivity contribution in [3.8, 4) is 11.5 Å². The minimum absolute atomic E-state index is 0.0713. The molecule has 0 spiro atoms. The molecule has 0 radical (unpaired) electrons. The fraction of sp³-hybridized carbons (Fsp3) is 0.467. The van der Waals surface area contributed by atoms with Crippen LogP contribution in [0.3, 0.4) is 0 Å². The molecule has 1 aromatic rings. The number of nitrogens with one attached hydrogen (secondary N) is 2. The van der Waals surface area contributed by atoms with Crippen LogP contribution in [0.4, 0.5) is 0 Å². The van der Waals surface area contributed by atoms with Crippen molar-refractivity contribution in [2.75, 3.05) is 0 Å². The molecule has 6 heteroatoms. The lowest BCUT2D eigenvalue weighted by atomic mass is 9.96. The third-order valence-electron chi connectivity index (χ3n) is 3.64. The summed E-state index contributed by atoms with van der Waals surface area (Å²) in [6, 6.07) is 4.74. The van der Waals surface area contributed by atoms with Crippen LogP contribution in [0.15, 0.2) is 23.3 Å². The lowest BCUT2D eigenvalue weighted by Gasteiger charge is -2.23. The van der Waals surface area contributed by atoms with Crippen LogP contribution in [0.25, 0.3) is 0 Å². The van der Waals surface area contributed by atoms with Crippen LogP contribution in [0, 0.1) is 0 Å². The van der Waals surface area contributed by atoms with Gasteiger partial charge in [0.25, 0.3) is 0 Å². The molecule has 0 atom stereocenters. The van der Waals surface area contributed by atoms with Crippen LogP contribution < -0.4 is 10.7 Å². The van der Waals surface area contributed by atoms with Crippen molar-refractivity contribution >= 4 is 23.0 Å². The SMILES string of the molecule is CC(=NNC(=S)NC1CCCCC1)c1cc(O)ccc1O. The normalized spacial score (nSPS) is 16.5. The number of thiocarbonyl (C=S) groups is 1. The first-order valence-electron chi connectivity index (χ1n) is 7.19. The van der Waals surface area contributed by atoms with Gasteiger partial charge in [-0.15, -0.1) is 0 Å². The van der Waals surface area contributed by atoms with E-state index in [0.717, 1.165) is 12.8 Å². The molecule has 0 aromatic heterocycles. The Hall–Kier alpha value is -1.82. The molecule has 0 heterocycles. The van der Waals surface area contributed by atoms with E-state index in [4.69, 9.17) is 12.2 Å². The monoisotopic (exact) mass is 307 g/mol. The van der Waals surface area contributed by atoms with Gasteiger partial charge in [-0.3, -0.25) is 5.43 Å². The van der Waals surface area contributed by atoms with Crippen LogP contribution in [0.5, 0.6) is 11.5 Å². The van der Waals surface area contributed by atoms with Crippen LogP contribution in [-0.2, 0) is 0 Å². The molecule has 4 N–H and O–H groups in total. The lowest BCUT2D eigenvalue weighted by molar-refractivity contribution is 0.412.